The van der Waals surface area contributed by atoms with Crippen molar-refractivity contribution in [3.63, 3.8) is 0 Å². The molecule has 0 aliphatic heterocycles. The molecule has 1 unspecified atom stereocenters. The molecule has 0 saturated heterocycles. The van der Waals surface area contributed by atoms with Crippen LogP contribution in [0.1, 0.15) is 175 Å². The van der Waals surface area contributed by atoms with Gasteiger partial charge >= 0.3 is 27.6 Å². The van der Waals surface area contributed by atoms with Gasteiger partial charge in [0, 0.05) is 12.8 Å². The number of hydrogen-bond acceptors (Lipinski definition) is 11. The number of aliphatic hydroxyl groups is 2. The van der Waals surface area contributed by atoms with Crippen LogP contribution >= 0.6 is 15.6 Å². The first-order valence-corrected chi connectivity index (χ1v) is 25.8. The first-order chi connectivity index (χ1) is 29.1. The van der Waals surface area contributed by atoms with Crippen molar-refractivity contribution in [2.75, 3.05) is 26.4 Å². The van der Waals surface area contributed by atoms with Crippen LogP contribution < -0.4 is 0 Å². The molecule has 0 aliphatic carbocycles. The van der Waals surface area contributed by atoms with E-state index in [9.17, 15) is 33.8 Å². The second kappa shape index (κ2) is 39.6. The summed E-state index contributed by atoms with van der Waals surface area (Å²) in [7, 11) is -9.72. The number of allylic oxidation sites excluding steroid dienone is 6. The maximum Gasteiger partial charge on any atom is 0.472 e. The van der Waals surface area contributed by atoms with Gasteiger partial charge in [-0.05, 0) is 50.9 Å². The molecule has 0 aliphatic rings. The Balaban J connectivity index is 4.64. The van der Waals surface area contributed by atoms with Crippen molar-refractivity contribution in [1.29, 1.82) is 0 Å². The average molecular weight is 909 g/mol. The lowest BCUT2D eigenvalue weighted by molar-refractivity contribution is -0.161. The molecule has 16 heteroatoms. The van der Waals surface area contributed by atoms with Gasteiger partial charge in [-0.25, -0.2) is 9.13 Å². The number of hydrogen-bond donors (Lipinski definition) is 5. The molecule has 14 nitrogen and oxygen atoms in total. The van der Waals surface area contributed by atoms with Crippen molar-refractivity contribution in [3.8, 4) is 0 Å². The molecular formula is C45H82O14P2. The Morgan fingerprint density at radius 2 is 1.15 bits per heavy atom. The van der Waals surface area contributed by atoms with Gasteiger partial charge < -0.3 is 34.4 Å². The molecule has 0 amide bonds. The molecule has 0 heterocycles. The Labute approximate surface area is 367 Å². The molecule has 61 heavy (non-hydrogen) atoms. The fourth-order valence-corrected chi connectivity index (χ4v) is 7.11. The standard InChI is InChI=1S/C45H82O14P2/c1-4-5-6-7-16-22-27-32-41(46)33-28-23-18-15-20-25-30-35-45(49)59-43(39-58-61(53,54)57-37-42(47)36-56-60(50,51)52)38-55-44(48)34-29-24-19-14-12-10-8-9-11-13-17-21-26-31-40(2)3/h15-16,20,22-23,27-28,32,40-43,46-47H,4-14,17-19,21,24-26,29-31,33-39H2,1-3H3,(H,53,54)(H2,50,51,52)/b20-15+,22-16-,28-23-,32-27-/t41-,42-,43+/m0/s1. The van der Waals surface area contributed by atoms with Crippen LogP contribution in [-0.2, 0) is 41.8 Å². The third-order valence-corrected chi connectivity index (χ3v) is 10.9. The number of esters is 2. The minimum Gasteiger partial charge on any atom is -0.462 e. The van der Waals surface area contributed by atoms with E-state index in [2.05, 4.69) is 35.9 Å². The lowest BCUT2D eigenvalue weighted by Gasteiger charge is -2.20. The van der Waals surface area contributed by atoms with E-state index in [1.54, 1.807) is 6.08 Å². The summed E-state index contributed by atoms with van der Waals surface area (Å²) in [5.74, 6) is -0.338. The Kier molecular flexibility index (Phi) is 38.3. The number of unbranched alkanes of at least 4 members (excludes halogenated alkanes) is 16. The largest absolute Gasteiger partial charge is 0.472 e. The fraction of sp³-hybridized carbons (Fsp3) is 0.778. The van der Waals surface area contributed by atoms with Crippen molar-refractivity contribution < 1.29 is 66.7 Å². The Morgan fingerprint density at radius 3 is 1.77 bits per heavy atom. The summed E-state index contributed by atoms with van der Waals surface area (Å²) in [5, 5.41) is 19.8. The summed E-state index contributed by atoms with van der Waals surface area (Å²) in [4.78, 5) is 52.7. The Hall–Kier alpha value is -1.96. The minimum absolute atomic E-state index is 0.0216. The van der Waals surface area contributed by atoms with Crippen LogP contribution in [0, 0.1) is 5.92 Å². The van der Waals surface area contributed by atoms with Gasteiger partial charge in [-0.2, -0.15) is 0 Å². The maximum absolute atomic E-state index is 12.7. The highest BCUT2D eigenvalue weighted by molar-refractivity contribution is 7.47. The van der Waals surface area contributed by atoms with E-state index in [1.165, 1.54) is 83.5 Å². The first-order valence-electron chi connectivity index (χ1n) is 22.8. The van der Waals surface area contributed by atoms with Crippen molar-refractivity contribution in [3.05, 3.63) is 48.6 Å². The molecule has 0 radical (unpaired) electrons. The van der Waals surface area contributed by atoms with Crippen molar-refractivity contribution in [2.24, 2.45) is 5.92 Å². The number of carbonyl (C=O) groups excluding carboxylic acids is 2. The van der Waals surface area contributed by atoms with E-state index in [-0.39, 0.29) is 12.8 Å². The Bertz CT molecular complexity index is 1300. The van der Waals surface area contributed by atoms with Crippen molar-refractivity contribution >= 4 is 27.6 Å². The van der Waals surface area contributed by atoms with Crippen LogP contribution in [-0.4, -0.2) is 81.6 Å². The van der Waals surface area contributed by atoms with Gasteiger partial charge in [0.2, 0.25) is 0 Å². The smallest absolute Gasteiger partial charge is 0.462 e. The van der Waals surface area contributed by atoms with Gasteiger partial charge in [0.05, 0.1) is 25.9 Å². The SMILES string of the molecule is CCCCC/C=C\C=C/[C@H](O)C/C=C\C/C=C/CCCC(=O)O[C@H](COC(=O)CCCCCCCCCCCCCCCC(C)C)COP(=O)(O)OC[C@@H](O)COP(=O)(O)O. The number of carbonyl (C=O) groups is 2. The van der Waals surface area contributed by atoms with Crippen LogP contribution in [0.3, 0.4) is 0 Å². The summed E-state index contributed by atoms with van der Waals surface area (Å²) in [6.07, 6.45) is 35.6. The molecule has 0 aromatic carbocycles. The van der Waals surface area contributed by atoms with Crippen molar-refractivity contribution in [1.82, 2.24) is 0 Å². The lowest BCUT2D eigenvalue weighted by atomic mass is 10.0. The van der Waals surface area contributed by atoms with Crippen LogP contribution in [0.15, 0.2) is 48.6 Å². The van der Waals surface area contributed by atoms with Gasteiger partial charge in [0.1, 0.15) is 12.7 Å². The van der Waals surface area contributed by atoms with Gasteiger partial charge in [-0.3, -0.25) is 23.2 Å². The van der Waals surface area contributed by atoms with Gasteiger partial charge in [0.25, 0.3) is 0 Å². The summed E-state index contributed by atoms with van der Waals surface area (Å²) >= 11 is 0. The molecule has 0 saturated carbocycles. The minimum atomic E-state index is -4.88. The lowest BCUT2D eigenvalue weighted by Crippen LogP contribution is -2.29. The van der Waals surface area contributed by atoms with E-state index >= 15 is 0 Å². The third-order valence-electron chi connectivity index (χ3n) is 9.47. The van der Waals surface area contributed by atoms with E-state index in [4.69, 9.17) is 23.8 Å². The zero-order valence-corrected chi connectivity index (χ0v) is 39.3. The fourth-order valence-electron chi connectivity index (χ4n) is 5.96. The molecule has 0 fully saturated rings. The number of phosphoric ester groups is 2. The molecule has 4 atom stereocenters. The molecular weight excluding hydrogens is 826 g/mol. The van der Waals surface area contributed by atoms with Gasteiger partial charge in [-0.15, -0.1) is 0 Å². The summed E-state index contributed by atoms with van der Waals surface area (Å²) in [6, 6.07) is 0. The normalized spacial score (nSPS) is 15.0. The number of phosphoric acid groups is 2. The highest BCUT2D eigenvalue weighted by Crippen LogP contribution is 2.43. The summed E-state index contributed by atoms with van der Waals surface area (Å²) < 4.78 is 47.7. The Morgan fingerprint density at radius 1 is 0.590 bits per heavy atom. The monoisotopic (exact) mass is 909 g/mol. The highest BCUT2D eigenvalue weighted by Gasteiger charge is 2.28. The molecule has 0 spiro atoms. The number of aliphatic hydroxyl groups excluding tert-OH is 2. The van der Waals surface area contributed by atoms with Crippen molar-refractivity contribution in [2.45, 2.75) is 193 Å². The molecule has 0 rings (SSSR count). The van der Waals surface area contributed by atoms with Crippen LogP contribution in [0.5, 0.6) is 0 Å². The third kappa shape index (κ3) is 44.4. The summed E-state index contributed by atoms with van der Waals surface area (Å²) in [5.41, 5.74) is 0. The molecule has 0 aromatic rings. The first kappa shape index (κ1) is 59.0. The molecule has 0 bridgehead atoms. The van der Waals surface area contributed by atoms with Gasteiger partial charge in [0.15, 0.2) is 6.10 Å². The second-order valence-corrected chi connectivity index (χ2v) is 18.7. The van der Waals surface area contributed by atoms with Crippen LogP contribution in [0.25, 0.3) is 0 Å². The predicted octanol–water partition coefficient (Wildman–Crippen LogP) is 10.7. The van der Waals surface area contributed by atoms with E-state index < -0.39 is 72.3 Å². The van der Waals surface area contributed by atoms with Crippen LogP contribution in [0.4, 0.5) is 0 Å². The maximum atomic E-state index is 12.7. The topological polar surface area (TPSA) is 216 Å². The average Bonchev–Trinajstić information content (AvgIpc) is 3.20. The second-order valence-electron chi connectivity index (χ2n) is 16.0. The molecule has 0 aromatic heterocycles. The zero-order valence-electron chi connectivity index (χ0n) is 37.5. The van der Waals surface area contributed by atoms with Gasteiger partial charge in [-0.1, -0.05) is 166 Å². The predicted molar refractivity (Wildman–Crippen MR) is 240 cm³/mol. The molecule has 5 N–H and O–H groups in total. The van der Waals surface area contributed by atoms with Crippen LogP contribution in [0.2, 0.25) is 0 Å². The zero-order chi connectivity index (χ0) is 45.5. The highest BCUT2D eigenvalue weighted by atomic mass is 31.2. The quantitative estimate of drug-likeness (QED) is 0.0127. The van der Waals surface area contributed by atoms with E-state index in [0.29, 0.717) is 32.1 Å². The van der Waals surface area contributed by atoms with E-state index in [1.807, 2.05) is 36.5 Å². The summed E-state index contributed by atoms with van der Waals surface area (Å²) in [6.45, 7) is 3.91. The van der Waals surface area contributed by atoms with E-state index in [0.717, 1.165) is 31.6 Å². The number of rotatable bonds is 42. The number of ether oxygens (including phenoxy) is 2. The molecule has 356 valence electrons.